The van der Waals surface area contributed by atoms with Crippen LogP contribution in [0.2, 0.25) is 0 Å². The van der Waals surface area contributed by atoms with Gasteiger partial charge in [0.2, 0.25) is 5.91 Å². The summed E-state index contributed by atoms with van der Waals surface area (Å²) in [7, 11) is 1.60. The zero-order chi connectivity index (χ0) is 13.8. The summed E-state index contributed by atoms with van der Waals surface area (Å²) in [6.07, 6.45) is -0.328. The smallest absolute Gasteiger partial charge is 0.225 e. The molecule has 0 saturated carbocycles. The lowest BCUT2D eigenvalue weighted by molar-refractivity contribution is -0.128. The molecule has 2 rings (SSSR count). The molecule has 0 spiro atoms. The van der Waals surface area contributed by atoms with Gasteiger partial charge in [0.25, 0.3) is 0 Å². The Labute approximate surface area is 112 Å². The number of β-amino-alcohol motifs (C(OH)–C–C–N with tert-alkyl or cyclic N) is 1. The van der Waals surface area contributed by atoms with Gasteiger partial charge in [0.1, 0.15) is 0 Å². The number of benzene rings is 1. The molecule has 0 aromatic heterocycles. The molecule has 19 heavy (non-hydrogen) atoms. The maximum Gasteiger partial charge on any atom is 0.225 e. The Morgan fingerprint density at radius 2 is 2.21 bits per heavy atom. The van der Waals surface area contributed by atoms with Crippen LogP contribution in [-0.2, 0) is 11.3 Å². The quantitative estimate of drug-likeness (QED) is 0.868. The van der Waals surface area contributed by atoms with Crippen molar-refractivity contribution in [3.05, 3.63) is 23.8 Å². The largest absolute Gasteiger partial charge is 0.493 e. The standard InChI is InChI=1S/C14H19NO4/c1-3-19-13-6-10(4-5-12(13)18-2)8-15-9-11(16)7-14(15)17/h4-6,11,16H,3,7-9H2,1-2H3. The molecule has 1 amide bonds. The number of amides is 1. The van der Waals surface area contributed by atoms with E-state index in [0.29, 0.717) is 31.2 Å². The third-order valence-corrected chi connectivity index (χ3v) is 3.10. The Bertz CT molecular complexity index is 461. The zero-order valence-corrected chi connectivity index (χ0v) is 11.3. The van der Waals surface area contributed by atoms with Crippen LogP contribution >= 0.6 is 0 Å². The van der Waals surface area contributed by atoms with E-state index in [2.05, 4.69) is 0 Å². The van der Waals surface area contributed by atoms with Crippen LogP contribution < -0.4 is 9.47 Å². The number of methoxy groups -OCH3 is 1. The molecule has 1 heterocycles. The summed E-state index contributed by atoms with van der Waals surface area (Å²) in [6, 6.07) is 5.61. The maximum atomic E-state index is 11.6. The van der Waals surface area contributed by atoms with E-state index in [9.17, 15) is 9.90 Å². The highest BCUT2D eigenvalue weighted by Gasteiger charge is 2.27. The Balaban J connectivity index is 2.12. The molecule has 1 aromatic rings. The molecule has 1 aromatic carbocycles. The lowest BCUT2D eigenvalue weighted by atomic mass is 10.2. The van der Waals surface area contributed by atoms with Gasteiger partial charge in [0.05, 0.1) is 26.2 Å². The number of likely N-dealkylation sites (tertiary alicyclic amines) is 1. The first-order valence-corrected chi connectivity index (χ1v) is 6.39. The van der Waals surface area contributed by atoms with Gasteiger partial charge in [0.15, 0.2) is 11.5 Å². The van der Waals surface area contributed by atoms with E-state index in [0.717, 1.165) is 5.56 Å². The summed E-state index contributed by atoms with van der Waals surface area (Å²) in [6.45, 7) is 3.35. The van der Waals surface area contributed by atoms with E-state index in [-0.39, 0.29) is 12.3 Å². The molecule has 0 radical (unpaired) electrons. The first-order chi connectivity index (χ1) is 9.13. The van der Waals surface area contributed by atoms with Crippen molar-refractivity contribution in [3.8, 4) is 11.5 Å². The maximum absolute atomic E-state index is 11.6. The van der Waals surface area contributed by atoms with Crippen LogP contribution in [-0.4, -0.2) is 42.3 Å². The summed E-state index contributed by atoms with van der Waals surface area (Å²) >= 11 is 0. The Hall–Kier alpha value is -1.75. The second-order valence-corrected chi connectivity index (χ2v) is 4.55. The molecule has 5 heteroatoms. The molecule has 5 nitrogen and oxygen atoms in total. The predicted molar refractivity (Wildman–Crippen MR) is 70.2 cm³/mol. The molecule has 1 aliphatic heterocycles. The number of hydrogen-bond acceptors (Lipinski definition) is 4. The Morgan fingerprint density at radius 1 is 1.42 bits per heavy atom. The number of hydrogen-bond donors (Lipinski definition) is 1. The first-order valence-electron chi connectivity index (χ1n) is 6.39. The third-order valence-electron chi connectivity index (χ3n) is 3.10. The minimum Gasteiger partial charge on any atom is -0.493 e. The van der Waals surface area contributed by atoms with E-state index < -0.39 is 6.10 Å². The zero-order valence-electron chi connectivity index (χ0n) is 11.3. The molecule has 1 aliphatic rings. The highest BCUT2D eigenvalue weighted by atomic mass is 16.5. The fraction of sp³-hybridized carbons (Fsp3) is 0.500. The van der Waals surface area contributed by atoms with Crippen molar-refractivity contribution in [2.24, 2.45) is 0 Å². The molecule has 1 fully saturated rings. The summed E-state index contributed by atoms with van der Waals surface area (Å²) in [4.78, 5) is 13.3. The minimum atomic E-state index is -0.544. The van der Waals surface area contributed by atoms with Gasteiger partial charge in [-0.3, -0.25) is 4.79 Å². The fourth-order valence-corrected chi connectivity index (χ4v) is 2.21. The van der Waals surface area contributed by atoms with Gasteiger partial charge in [0, 0.05) is 13.1 Å². The number of ether oxygens (including phenoxy) is 2. The van der Waals surface area contributed by atoms with Crippen LogP contribution in [0.4, 0.5) is 0 Å². The predicted octanol–water partition coefficient (Wildman–Crippen LogP) is 1.19. The third kappa shape index (κ3) is 3.17. The summed E-state index contributed by atoms with van der Waals surface area (Å²) in [5.74, 6) is 1.34. The number of rotatable bonds is 5. The van der Waals surface area contributed by atoms with Gasteiger partial charge in [-0.05, 0) is 24.6 Å². The number of nitrogens with zero attached hydrogens (tertiary/aromatic N) is 1. The van der Waals surface area contributed by atoms with Crippen molar-refractivity contribution in [2.75, 3.05) is 20.3 Å². The van der Waals surface area contributed by atoms with Crippen molar-refractivity contribution in [3.63, 3.8) is 0 Å². The van der Waals surface area contributed by atoms with Gasteiger partial charge in [-0.1, -0.05) is 6.07 Å². The summed E-state index contributed by atoms with van der Waals surface area (Å²) in [5.41, 5.74) is 0.965. The minimum absolute atomic E-state index is 0.0127. The van der Waals surface area contributed by atoms with Crippen molar-refractivity contribution < 1.29 is 19.4 Å². The fourth-order valence-electron chi connectivity index (χ4n) is 2.21. The average molecular weight is 265 g/mol. The number of aliphatic hydroxyl groups is 1. The van der Waals surface area contributed by atoms with Gasteiger partial charge < -0.3 is 19.5 Å². The van der Waals surface area contributed by atoms with Crippen molar-refractivity contribution >= 4 is 5.91 Å². The first kappa shape index (κ1) is 13.7. The molecule has 1 N–H and O–H groups in total. The van der Waals surface area contributed by atoms with E-state index in [1.807, 2.05) is 25.1 Å². The summed E-state index contributed by atoms with van der Waals surface area (Å²) < 4.78 is 10.7. The van der Waals surface area contributed by atoms with Gasteiger partial charge >= 0.3 is 0 Å². The second kappa shape index (κ2) is 5.93. The molecular weight excluding hydrogens is 246 g/mol. The molecule has 1 atom stereocenters. The van der Waals surface area contributed by atoms with Crippen molar-refractivity contribution in [1.29, 1.82) is 0 Å². The van der Waals surface area contributed by atoms with Crippen molar-refractivity contribution in [1.82, 2.24) is 4.90 Å². The van der Waals surface area contributed by atoms with Crippen LogP contribution in [0.3, 0.4) is 0 Å². The molecule has 104 valence electrons. The highest BCUT2D eigenvalue weighted by molar-refractivity contribution is 5.79. The lowest BCUT2D eigenvalue weighted by Gasteiger charge is -2.17. The monoisotopic (exact) mass is 265 g/mol. The average Bonchev–Trinajstić information content (AvgIpc) is 2.69. The van der Waals surface area contributed by atoms with Crippen LogP contribution in [0.15, 0.2) is 18.2 Å². The molecule has 1 unspecified atom stereocenters. The van der Waals surface area contributed by atoms with Crippen molar-refractivity contribution in [2.45, 2.75) is 26.0 Å². The highest BCUT2D eigenvalue weighted by Crippen LogP contribution is 2.29. The number of carbonyl (C=O) groups excluding carboxylic acids is 1. The van der Waals surface area contributed by atoms with Crippen LogP contribution in [0, 0.1) is 0 Å². The van der Waals surface area contributed by atoms with E-state index in [1.54, 1.807) is 12.0 Å². The van der Waals surface area contributed by atoms with E-state index >= 15 is 0 Å². The van der Waals surface area contributed by atoms with Gasteiger partial charge in [-0.2, -0.15) is 0 Å². The molecule has 0 aliphatic carbocycles. The van der Waals surface area contributed by atoms with Gasteiger partial charge in [-0.25, -0.2) is 0 Å². The molecule has 0 bridgehead atoms. The van der Waals surface area contributed by atoms with Crippen LogP contribution in [0.25, 0.3) is 0 Å². The topological polar surface area (TPSA) is 59.0 Å². The lowest BCUT2D eigenvalue weighted by Crippen LogP contribution is -2.25. The van der Waals surface area contributed by atoms with Crippen LogP contribution in [0.5, 0.6) is 11.5 Å². The van der Waals surface area contributed by atoms with E-state index in [4.69, 9.17) is 9.47 Å². The normalized spacial score (nSPS) is 18.8. The molecule has 1 saturated heterocycles. The summed E-state index contributed by atoms with van der Waals surface area (Å²) in [5, 5.41) is 9.46. The Kier molecular flexibility index (Phi) is 4.27. The van der Waals surface area contributed by atoms with E-state index in [1.165, 1.54) is 0 Å². The number of aliphatic hydroxyl groups excluding tert-OH is 1. The molecular formula is C14H19NO4. The Morgan fingerprint density at radius 3 is 2.79 bits per heavy atom. The van der Waals surface area contributed by atoms with Crippen LogP contribution in [0.1, 0.15) is 18.9 Å². The number of carbonyl (C=O) groups is 1. The second-order valence-electron chi connectivity index (χ2n) is 4.55. The van der Waals surface area contributed by atoms with Gasteiger partial charge in [-0.15, -0.1) is 0 Å². The SMILES string of the molecule is CCOc1cc(CN2CC(O)CC2=O)ccc1OC.